The zero-order valence-electron chi connectivity index (χ0n) is 15.7. The van der Waals surface area contributed by atoms with Gasteiger partial charge in [0.2, 0.25) is 0 Å². The first-order valence-electron chi connectivity index (χ1n) is 8.96. The SMILES string of the molecule is CCn1nnnc1COc1cccc(C(=O)Nc2ccc(C(C)C)cc2)c1. The minimum Gasteiger partial charge on any atom is -0.486 e. The molecule has 0 unspecified atom stereocenters. The van der Waals surface area contributed by atoms with E-state index in [1.807, 2.05) is 31.2 Å². The zero-order chi connectivity index (χ0) is 19.2. The Morgan fingerprint density at radius 3 is 2.67 bits per heavy atom. The number of hydrogen-bond donors (Lipinski definition) is 1. The van der Waals surface area contributed by atoms with Gasteiger partial charge in [0.15, 0.2) is 5.82 Å². The van der Waals surface area contributed by atoms with Crippen LogP contribution >= 0.6 is 0 Å². The fourth-order valence-electron chi connectivity index (χ4n) is 2.60. The summed E-state index contributed by atoms with van der Waals surface area (Å²) in [4.78, 5) is 12.5. The molecule has 0 atom stereocenters. The number of carbonyl (C=O) groups excluding carboxylic acids is 1. The summed E-state index contributed by atoms with van der Waals surface area (Å²) in [5, 5.41) is 14.3. The summed E-state index contributed by atoms with van der Waals surface area (Å²) in [6, 6.07) is 14.9. The molecule has 1 N–H and O–H groups in total. The van der Waals surface area contributed by atoms with E-state index < -0.39 is 0 Å². The average molecular weight is 365 g/mol. The number of benzene rings is 2. The first-order valence-corrected chi connectivity index (χ1v) is 8.96. The normalized spacial score (nSPS) is 10.8. The van der Waals surface area contributed by atoms with Crippen molar-refractivity contribution in [2.24, 2.45) is 0 Å². The van der Waals surface area contributed by atoms with Gasteiger partial charge in [-0.1, -0.05) is 32.0 Å². The van der Waals surface area contributed by atoms with Crippen LogP contribution in [-0.4, -0.2) is 26.1 Å². The molecule has 0 fully saturated rings. The molecular formula is C20H23N5O2. The second kappa shape index (κ2) is 8.44. The molecule has 3 rings (SSSR count). The fraction of sp³-hybridized carbons (Fsp3) is 0.300. The lowest BCUT2D eigenvalue weighted by molar-refractivity contribution is 0.102. The van der Waals surface area contributed by atoms with Crippen molar-refractivity contribution in [2.75, 3.05) is 5.32 Å². The van der Waals surface area contributed by atoms with Crippen molar-refractivity contribution in [3.63, 3.8) is 0 Å². The van der Waals surface area contributed by atoms with Gasteiger partial charge in [-0.15, -0.1) is 5.10 Å². The molecule has 2 aromatic carbocycles. The molecule has 0 aliphatic heterocycles. The number of tetrazole rings is 1. The molecule has 0 aliphatic carbocycles. The summed E-state index contributed by atoms with van der Waals surface area (Å²) in [6.45, 7) is 7.14. The Bertz CT molecular complexity index is 903. The predicted molar refractivity (Wildman–Crippen MR) is 103 cm³/mol. The summed E-state index contributed by atoms with van der Waals surface area (Å²) in [5.74, 6) is 1.49. The number of carbonyl (C=O) groups is 1. The van der Waals surface area contributed by atoms with E-state index in [9.17, 15) is 4.79 Å². The lowest BCUT2D eigenvalue weighted by Crippen LogP contribution is -2.12. The van der Waals surface area contributed by atoms with Crippen LogP contribution < -0.4 is 10.1 Å². The van der Waals surface area contributed by atoms with Crippen LogP contribution in [0.3, 0.4) is 0 Å². The third-order valence-corrected chi connectivity index (χ3v) is 4.20. The predicted octanol–water partition coefficient (Wildman–Crippen LogP) is 3.65. The van der Waals surface area contributed by atoms with Crippen LogP contribution in [0.1, 0.15) is 48.4 Å². The first-order chi connectivity index (χ1) is 13.1. The molecule has 1 amide bonds. The topological polar surface area (TPSA) is 81.9 Å². The van der Waals surface area contributed by atoms with E-state index in [1.165, 1.54) is 5.56 Å². The van der Waals surface area contributed by atoms with Gasteiger partial charge in [-0.3, -0.25) is 4.79 Å². The lowest BCUT2D eigenvalue weighted by Gasteiger charge is -2.10. The van der Waals surface area contributed by atoms with Crippen molar-refractivity contribution in [1.82, 2.24) is 20.2 Å². The molecule has 7 heteroatoms. The Balaban J connectivity index is 1.64. The monoisotopic (exact) mass is 365 g/mol. The molecule has 0 saturated carbocycles. The minimum atomic E-state index is -0.184. The molecule has 0 spiro atoms. The fourth-order valence-corrected chi connectivity index (χ4v) is 2.60. The van der Waals surface area contributed by atoms with E-state index in [4.69, 9.17) is 4.74 Å². The molecule has 1 heterocycles. The van der Waals surface area contributed by atoms with E-state index in [0.29, 0.717) is 29.6 Å². The van der Waals surface area contributed by atoms with E-state index >= 15 is 0 Å². The lowest BCUT2D eigenvalue weighted by atomic mass is 10.0. The van der Waals surface area contributed by atoms with Crippen molar-refractivity contribution in [3.8, 4) is 5.75 Å². The number of nitrogens with one attached hydrogen (secondary N) is 1. The Hall–Kier alpha value is -3.22. The number of hydrogen-bond acceptors (Lipinski definition) is 5. The van der Waals surface area contributed by atoms with Crippen LogP contribution in [-0.2, 0) is 13.2 Å². The molecule has 0 aliphatic rings. The Kier molecular flexibility index (Phi) is 5.80. The standard InChI is InChI=1S/C20H23N5O2/c1-4-25-19(22-23-24-25)13-27-18-7-5-6-16(12-18)20(26)21-17-10-8-15(9-11-17)14(2)3/h5-12,14H,4,13H2,1-3H3,(H,21,26). The largest absolute Gasteiger partial charge is 0.486 e. The second-order valence-electron chi connectivity index (χ2n) is 6.46. The van der Waals surface area contributed by atoms with Crippen molar-refractivity contribution >= 4 is 11.6 Å². The van der Waals surface area contributed by atoms with E-state index in [2.05, 4.69) is 34.7 Å². The molecule has 140 valence electrons. The molecular weight excluding hydrogens is 342 g/mol. The number of rotatable bonds is 7. The van der Waals surface area contributed by atoms with Gasteiger partial charge in [0.25, 0.3) is 5.91 Å². The Labute approximate surface area is 158 Å². The van der Waals surface area contributed by atoms with E-state index in [-0.39, 0.29) is 12.5 Å². The van der Waals surface area contributed by atoms with Crippen LogP contribution in [0.25, 0.3) is 0 Å². The van der Waals surface area contributed by atoms with Crippen molar-refractivity contribution in [3.05, 3.63) is 65.5 Å². The van der Waals surface area contributed by atoms with Crippen LogP contribution in [0.5, 0.6) is 5.75 Å². The van der Waals surface area contributed by atoms with Crippen LogP contribution in [0.15, 0.2) is 48.5 Å². The smallest absolute Gasteiger partial charge is 0.255 e. The van der Waals surface area contributed by atoms with E-state index in [1.54, 1.807) is 28.9 Å². The Morgan fingerprint density at radius 1 is 1.19 bits per heavy atom. The summed E-state index contributed by atoms with van der Waals surface area (Å²) in [5.41, 5.74) is 2.52. The molecule has 0 saturated heterocycles. The van der Waals surface area contributed by atoms with Crippen LogP contribution in [0.4, 0.5) is 5.69 Å². The maximum atomic E-state index is 12.5. The molecule has 3 aromatic rings. The number of aryl methyl sites for hydroxylation is 1. The zero-order valence-corrected chi connectivity index (χ0v) is 15.7. The number of amides is 1. The maximum Gasteiger partial charge on any atom is 0.255 e. The first kappa shape index (κ1) is 18.6. The van der Waals surface area contributed by atoms with Crippen molar-refractivity contribution in [2.45, 2.75) is 39.8 Å². The van der Waals surface area contributed by atoms with Gasteiger partial charge >= 0.3 is 0 Å². The summed E-state index contributed by atoms with van der Waals surface area (Å²) < 4.78 is 7.40. The molecule has 0 radical (unpaired) electrons. The molecule has 0 bridgehead atoms. The number of nitrogens with zero attached hydrogens (tertiary/aromatic N) is 4. The van der Waals surface area contributed by atoms with Crippen LogP contribution in [0, 0.1) is 0 Å². The average Bonchev–Trinajstić information content (AvgIpc) is 3.14. The highest BCUT2D eigenvalue weighted by molar-refractivity contribution is 6.04. The highest BCUT2D eigenvalue weighted by Gasteiger charge is 2.10. The Morgan fingerprint density at radius 2 is 1.96 bits per heavy atom. The third-order valence-electron chi connectivity index (χ3n) is 4.20. The van der Waals surface area contributed by atoms with Crippen LogP contribution in [0.2, 0.25) is 0 Å². The summed E-state index contributed by atoms with van der Waals surface area (Å²) in [7, 11) is 0. The number of anilines is 1. The molecule has 7 nitrogen and oxygen atoms in total. The highest BCUT2D eigenvalue weighted by Crippen LogP contribution is 2.19. The highest BCUT2D eigenvalue weighted by atomic mass is 16.5. The van der Waals surface area contributed by atoms with Gasteiger partial charge in [0, 0.05) is 17.8 Å². The number of ether oxygens (including phenoxy) is 1. The number of aromatic nitrogens is 4. The summed E-state index contributed by atoms with van der Waals surface area (Å²) >= 11 is 0. The second-order valence-corrected chi connectivity index (χ2v) is 6.46. The van der Waals surface area contributed by atoms with Gasteiger partial charge in [-0.25, -0.2) is 4.68 Å². The quantitative estimate of drug-likeness (QED) is 0.691. The van der Waals surface area contributed by atoms with Gasteiger partial charge in [0.05, 0.1) is 0 Å². The van der Waals surface area contributed by atoms with Gasteiger partial charge < -0.3 is 10.1 Å². The molecule has 27 heavy (non-hydrogen) atoms. The van der Waals surface area contributed by atoms with Gasteiger partial charge in [-0.05, 0) is 59.2 Å². The van der Waals surface area contributed by atoms with Crippen molar-refractivity contribution < 1.29 is 9.53 Å². The maximum absolute atomic E-state index is 12.5. The van der Waals surface area contributed by atoms with Gasteiger partial charge in [0.1, 0.15) is 12.4 Å². The summed E-state index contributed by atoms with van der Waals surface area (Å²) in [6.07, 6.45) is 0. The molecule has 1 aromatic heterocycles. The van der Waals surface area contributed by atoms with Gasteiger partial charge in [-0.2, -0.15) is 0 Å². The van der Waals surface area contributed by atoms with E-state index in [0.717, 1.165) is 5.69 Å². The van der Waals surface area contributed by atoms with Crippen molar-refractivity contribution in [1.29, 1.82) is 0 Å². The minimum absolute atomic E-state index is 0.184. The third kappa shape index (κ3) is 4.69.